The Labute approximate surface area is 71.4 Å². The van der Waals surface area contributed by atoms with Crippen molar-refractivity contribution in [3.8, 4) is 0 Å². The van der Waals surface area contributed by atoms with Gasteiger partial charge in [0, 0.05) is 6.54 Å². The van der Waals surface area contributed by atoms with E-state index in [0.717, 1.165) is 0 Å². The second-order valence-electron chi connectivity index (χ2n) is 3.28. The minimum atomic E-state index is -0.522. The summed E-state index contributed by atoms with van der Waals surface area (Å²) in [5.74, 6) is 0. The van der Waals surface area contributed by atoms with Crippen LogP contribution in [-0.2, 0) is 4.74 Å². The summed E-state index contributed by atoms with van der Waals surface area (Å²) in [5.41, 5.74) is -0.501. The van der Waals surface area contributed by atoms with Crippen molar-refractivity contribution in [1.82, 2.24) is 5.32 Å². The molecule has 5 nitrogen and oxygen atoms in total. The monoisotopic (exact) mass is 174 g/mol. The molecule has 0 rings (SSSR count). The van der Waals surface area contributed by atoms with Gasteiger partial charge in [0.2, 0.25) is 0 Å². The number of alkyl carbamates (subject to hydrolysis) is 1. The molecule has 5 heteroatoms. The Hall–Kier alpha value is -1.13. The fraction of sp³-hybridized carbons (Fsp3) is 0.857. The van der Waals surface area contributed by atoms with Gasteiger partial charge in [-0.05, 0) is 20.8 Å². The van der Waals surface area contributed by atoms with Crippen molar-refractivity contribution in [2.24, 2.45) is 5.18 Å². The van der Waals surface area contributed by atoms with Gasteiger partial charge in [-0.1, -0.05) is 5.18 Å². The number of nitroso groups, excluding NO2 is 1. The summed E-state index contributed by atoms with van der Waals surface area (Å²) in [5, 5.41) is 4.97. The van der Waals surface area contributed by atoms with Crippen molar-refractivity contribution in [2.75, 3.05) is 13.1 Å². The van der Waals surface area contributed by atoms with Gasteiger partial charge in [0.05, 0.1) is 6.54 Å². The highest BCUT2D eigenvalue weighted by molar-refractivity contribution is 5.67. The highest BCUT2D eigenvalue weighted by atomic mass is 16.6. The maximum atomic E-state index is 10.9. The molecular formula is C7H14N2O3. The van der Waals surface area contributed by atoms with E-state index < -0.39 is 11.7 Å². The number of nitrogens with one attached hydrogen (secondary N) is 1. The van der Waals surface area contributed by atoms with Crippen LogP contribution in [0.3, 0.4) is 0 Å². The molecule has 0 spiro atoms. The molecular weight excluding hydrogens is 160 g/mol. The van der Waals surface area contributed by atoms with Crippen LogP contribution >= 0.6 is 0 Å². The van der Waals surface area contributed by atoms with Gasteiger partial charge in [-0.2, -0.15) is 4.91 Å². The largest absolute Gasteiger partial charge is 0.444 e. The molecule has 0 saturated heterocycles. The van der Waals surface area contributed by atoms with Crippen LogP contribution in [-0.4, -0.2) is 24.8 Å². The van der Waals surface area contributed by atoms with Gasteiger partial charge < -0.3 is 10.1 Å². The summed E-state index contributed by atoms with van der Waals surface area (Å²) in [6, 6.07) is 0. The molecule has 0 atom stereocenters. The average Bonchev–Trinajstić information content (AvgIpc) is 1.84. The SMILES string of the molecule is CC(C)(C)OC(=O)NCCN=O. The minimum Gasteiger partial charge on any atom is -0.444 e. The van der Waals surface area contributed by atoms with E-state index >= 15 is 0 Å². The van der Waals surface area contributed by atoms with E-state index in [4.69, 9.17) is 4.74 Å². The van der Waals surface area contributed by atoms with Gasteiger partial charge in [0.15, 0.2) is 0 Å². The highest BCUT2D eigenvalue weighted by Gasteiger charge is 2.15. The van der Waals surface area contributed by atoms with E-state index in [1.165, 1.54) is 0 Å². The maximum absolute atomic E-state index is 10.9. The van der Waals surface area contributed by atoms with Crippen LogP contribution in [0.4, 0.5) is 4.79 Å². The lowest BCUT2D eigenvalue weighted by atomic mass is 10.2. The van der Waals surface area contributed by atoms with Gasteiger partial charge in [0.25, 0.3) is 0 Å². The lowest BCUT2D eigenvalue weighted by Crippen LogP contribution is -2.33. The van der Waals surface area contributed by atoms with E-state index in [9.17, 15) is 9.70 Å². The predicted molar refractivity (Wildman–Crippen MR) is 44.9 cm³/mol. The Morgan fingerprint density at radius 1 is 1.50 bits per heavy atom. The summed E-state index contributed by atoms with van der Waals surface area (Å²) in [4.78, 5) is 20.5. The van der Waals surface area contributed by atoms with Crippen molar-refractivity contribution in [3.05, 3.63) is 4.91 Å². The van der Waals surface area contributed by atoms with Crippen LogP contribution < -0.4 is 5.32 Å². The van der Waals surface area contributed by atoms with Crippen molar-refractivity contribution in [1.29, 1.82) is 0 Å². The third-order valence-electron chi connectivity index (χ3n) is 0.871. The van der Waals surface area contributed by atoms with Crippen LogP contribution in [0.15, 0.2) is 5.18 Å². The third-order valence-corrected chi connectivity index (χ3v) is 0.871. The van der Waals surface area contributed by atoms with Gasteiger partial charge in [-0.25, -0.2) is 4.79 Å². The summed E-state index contributed by atoms with van der Waals surface area (Å²) < 4.78 is 4.89. The number of rotatable bonds is 3. The Kier molecular flexibility index (Phi) is 4.25. The fourth-order valence-corrected chi connectivity index (χ4v) is 0.518. The van der Waals surface area contributed by atoms with Crippen LogP contribution in [0.2, 0.25) is 0 Å². The Balaban J connectivity index is 3.53. The Morgan fingerprint density at radius 3 is 2.50 bits per heavy atom. The quantitative estimate of drug-likeness (QED) is 0.517. The maximum Gasteiger partial charge on any atom is 0.407 e. The molecule has 0 aromatic carbocycles. The number of hydrogen-bond acceptors (Lipinski definition) is 4. The second-order valence-corrected chi connectivity index (χ2v) is 3.28. The summed E-state index contributed by atoms with van der Waals surface area (Å²) >= 11 is 0. The van der Waals surface area contributed by atoms with Crippen molar-refractivity contribution < 1.29 is 9.53 Å². The van der Waals surface area contributed by atoms with Gasteiger partial charge in [-0.3, -0.25) is 0 Å². The zero-order valence-electron chi connectivity index (χ0n) is 7.59. The molecule has 0 fully saturated rings. The van der Waals surface area contributed by atoms with E-state index in [1.54, 1.807) is 20.8 Å². The lowest BCUT2D eigenvalue weighted by molar-refractivity contribution is 0.0529. The standard InChI is InChI=1S/C7H14N2O3/c1-7(2,3)12-6(10)8-4-5-9-11/h4-5H2,1-3H3,(H,8,10). The first-order valence-corrected chi connectivity index (χ1v) is 3.71. The molecule has 0 radical (unpaired) electrons. The lowest BCUT2D eigenvalue weighted by Gasteiger charge is -2.19. The summed E-state index contributed by atoms with van der Waals surface area (Å²) in [7, 11) is 0. The molecule has 1 amide bonds. The molecule has 12 heavy (non-hydrogen) atoms. The number of nitrogens with zero attached hydrogens (tertiary/aromatic N) is 1. The number of hydrogen-bond donors (Lipinski definition) is 1. The molecule has 70 valence electrons. The molecule has 0 aliphatic heterocycles. The first kappa shape index (κ1) is 10.9. The van der Waals surface area contributed by atoms with Crippen molar-refractivity contribution in [2.45, 2.75) is 26.4 Å². The number of amides is 1. The zero-order chi connectivity index (χ0) is 9.61. The molecule has 0 unspecified atom stereocenters. The van der Waals surface area contributed by atoms with Gasteiger partial charge in [-0.15, -0.1) is 0 Å². The molecule has 0 heterocycles. The molecule has 0 saturated carbocycles. The van der Waals surface area contributed by atoms with Crippen LogP contribution in [0.1, 0.15) is 20.8 Å². The normalized spacial score (nSPS) is 10.6. The van der Waals surface area contributed by atoms with E-state index in [0.29, 0.717) is 0 Å². The zero-order valence-corrected chi connectivity index (χ0v) is 7.59. The first-order valence-electron chi connectivity index (χ1n) is 3.71. The smallest absolute Gasteiger partial charge is 0.407 e. The average molecular weight is 174 g/mol. The number of ether oxygens (including phenoxy) is 1. The Bertz CT molecular complexity index is 163. The predicted octanol–water partition coefficient (Wildman–Crippen LogP) is 1.28. The number of carbonyl (C=O) groups excluding carboxylic acids is 1. The molecule has 0 aromatic heterocycles. The van der Waals surface area contributed by atoms with Crippen LogP contribution in [0, 0.1) is 4.91 Å². The molecule has 0 aliphatic rings. The van der Waals surface area contributed by atoms with Crippen molar-refractivity contribution >= 4 is 6.09 Å². The summed E-state index contributed by atoms with van der Waals surface area (Å²) in [6.07, 6.45) is -0.522. The van der Waals surface area contributed by atoms with Crippen LogP contribution in [0.5, 0.6) is 0 Å². The molecule has 0 bridgehead atoms. The fourth-order valence-electron chi connectivity index (χ4n) is 0.518. The van der Waals surface area contributed by atoms with Gasteiger partial charge >= 0.3 is 6.09 Å². The molecule has 0 aliphatic carbocycles. The Morgan fingerprint density at radius 2 is 2.08 bits per heavy atom. The van der Waals surface area contributed by atoms with Crippen LogP contribution in [0.25, 0.3) is 0 Å². The van der Waals surface area contributed by atoms with Crippen molar-refractivity contribution in [3.63, 3.8) is 0 Å². The second kappa shape index (κ2) is 4.69. The van der Waals surface area contributed by atoms with Gasteiger partial charge in [0.1, 0.15) is 5.60 Å². The topological polar surface area (TPSA) is 67.8 Å². The number of carbonyl (C=O) groups is 1. The van der Waals surface area contributed by atoms with E-state index in [1.807, 2.05) is 0 Å². The third kappa shape index (κ3) is 6.98. The molecule has 1 N–H and O–H groups in total. The minimum absolute atomic E-state index is 0.0687. The first-order chi connectivity index (χ1) is 5.45. The summed E-state index contributed by atoms with van der Waals surface area (Å²) in [6.45, 7) is 5.59. The van der Waals surface area contributed by atoms with E-state index in [-0.39, 0.29) is 13.1 Å². The highest BCUT2D eigenvalue weighted by Crippen LogP contribution is 2.05. The van der Waals surface area contributed by atoms with E-state index in [2.05, 4.69) is 10.5 Å². The molecule has 0 aromatic rings.